The molecule has 1 fully saturated rings. The first-order chi connectivity index (χ1) is 14.5. The zero-order valence-electron chi connectivity index (χ0n) is 17.3. The molecule has 1 aliphatic rings. The maximum atomic E-state index is 13.3. The van der Waals surface area contributed by atoms with Gasteiger partial charge in [-0.1, -0.05) is 12.8 Å². The van der Waals surface area contributed by atoms with E-state index in [2.05, 4.69) is 20.5 Å². The Kier molecular flexibility index (Phi) is 4.38. The van der Waals surface area contributed by atoms with Crippen LogP contribution in [0.25, 0.3) is 16.8 Å². The second-order valence-corrected chi connectivity index (χ2v) is 7.99. The molecule has 0 saturated heterocycles. The van der Waals surface area contributed by atoms with Crippen LogP contribution in [0, 0.1) is 6.92 Å². The Balaban J connectivity index is 1.65. The maximum absolute atomic E-state index is 13.3. The molecular formula is C21H24N8O. The average molecular weight is 404 g/mol. The Labute approximate surface area is 173 Å². The fourth-order valence-corrected chi connectivity index (χ4v) is 4.23. The summed E-state index contributed by atoms with van der Waals surface area (Å²) in [6.45, 7) is 1.83. The molecule has 5 rings (SSSR count). The van der Waals surface area contributed by atoms with Crippen LogP contribution in [-0.2, 0) is 0 Å². The van der Waals surface area contributed by atoms with Crippen molar-refractivity contribution < 1.29 is 0 Å². The number of rotatable bonds is 4. The molecule has 0 atom stereocenters. The zero-order valence-corrected chi connectivity index (χ0v) is 17.3. The summed E-state index contributed by atoms with van der Waals surface area (Å²) < 4.78 is 3.55. The fraction of sp³-hybridized carbons (Fsp3) is 0.381. The van der Waals surface area contributed by atoms with Crippen LogP contribution >= 0.6 is 0 Å². The van der Waals surface area contributed by atoms with Gasteiger partial charge in [-0.25, -0.2) is 4.98 Å². The van der Waals surface area contributed by atoms with Crippen LogP contribution in [0.2, 0.25) is 0 Å². The standard InChI is InChI=1S/C21H24N8O/c1-13-25-26-19-20(30)29(16-6-4-5-7-16)18-17(28(13)19)12-22-21(24-18)23-14-8-10-15(11-9-14)27(2)3/h8-12,16H,4-7H2,1-3H3,(H,22,23,24). The first-order valence-electron chi connectivity index (χ1n) is 10.2. The van der Waals surface area contributed by atoms with Crippen LogP contribution in [-0.4, -0.2) is 43.2 Å². The third-order valence-corrected chi connectivity index (χ3v) is 5.78. The van der Waals surface area contributed by atoms with E-state index >= 15 is 0 Å². The highest BCUT2D eigenvalue weighted by Crippen LogP contribution is 2.31. The lowest BCUT2D eigenvalue weighted by atomic mass is 10.2. The molecule has 3 aromatic heterocycles. The summed E-state index contributed by atoms with van der Waals surface area (Å²) in [5.41, 5.74) is 3.54. The van der Waals surface area contributed by atoms with Gasteiger partial charge in [0, 0.05) is 31.5 Å². The van der Waals surface area contributed by atoms with Crippen molar-refractivity contribution in [2.75, 3.05) is 24.3 Å². The predicted octanol–water partition coefficient (Wildman–Crippen LogP) is 3.07. The quantitative estimate of drug-likeness (QED) is 0.559. The Morgan fingerprint density at radius 3 is 2.50 bits per heavy atom. The molecule has 4 aromatic rings. The van der Waals surface area contributed by atoms with Crippen molar-refractivity contribution in [2.24, 2.45) is 0 Å². The SMILES string of the molecule is Cc1nnc2c(=O)n(C3CCCC3)c3nc(Nc4ccc(N(C)C)cc4)ncc3n12. The summed E-state index contributed by atoms with van der Waals surface area (Å²) in [6.07, 6.45) is 5.91. The number of fused-ring (bicyclic) bond motifs is 3. The van der Waals surface area contributed by atoms with Crippen LogP contribution < -0.4 is 15.8 Å². The number of anilines is 3. The molecule has 1 aliphatic carbocycles. The fourth-order valence-electron chi connectivity index (χ4n) is 4.23. The van der Waals surface area contributed by atoms with Gasteiger partial charge in [-0.2, -0.15) is 4.98 Å². The first kappa shape index (κ1) is 18.5. The molecule has 1 N–H and O–H groups in total. The van der Waals surface area contributed by atoms with E-state index in [4.69, 9.17) is 4.98 Å². The predicted molar refractivity (Wildman–Crippen MR) is 117 cm³/mol. The van der Waals surface area contributed by atoms with Gasteiger partial charge in [0.05, 0.1) is 6.20 Å². The molecule has 0 spiro atoms. The summed E-state index contributed by atoms with van der Waals surface area (Å²) in [4.78, 5) is 24.6. The molecule has 0 aliphatic heterocycles. The summed E-state index contributed by atoms with van der Waals surface area (Å²) in [7, 11) is 4.01. The molecule has 1 saturated carbocycles. The highest BCUT2D eigenvalue weighted by atomic mass is 16.1. The molecule has 9 heteroatoms. The number of hydrogen-bond donors (Lipinski definition) is 1. The minimum Gasteiger partial charge on any atom is -0.378 e. The molecule has 1 aromatic carbocycles. The lowest BCUT2D eigenvalue weighted by Gasteiger charge is -2.17. The molecular weight excluding hydrogens is 380 g/mol. The van der Waals surface area contributed by atoms with E-state index in [0.29, 0.717) is 23.1 Å². The lowest BCUT2D eigenvalue weighted by Crippen LogP contribution is -2.27. The minimum atomic E-state index is -0.144. The van der Waals surface area contributed by atoms with E-state index < -0.39 is 0 Å². The van der Waals surface area contributed by atoms with Gasteiger partial charge in [-0.15, -0.1) is 10.2 Å². The van der Waals surface area contributed by atoms with Crippen molar-refractivity contribution in [1.29, 1.82) is 0 Å². The van der Waals surface area contributed by atoms with E-state index in [9.17, 15) is 4.79 Å². The van der Waals surface area contributed by atoms with Crippen molar-refractivity contribution in [1.82, 2.24) is 29.1 Å². The summed E-state index contributed by atoms with van der Waals surface area (Å²) in [6, 6.07) is 8.16. The van der Waals surface area contributed by atoms with Crippen LogP contribution in [0.1, 0.15) is 37.5 Å². The summed E-state index contributed by atoms with van der Waals surface area (Å²) in [5.74, 6) is 1.10. The zero-order chi connectivity index (χ0) is 20.8. The van der Waals surface area contributed by atoms with E-state index in [0.717, 1.165) is 42.6 Å². The molecule has 0 amide bonds. The molecule has 9 nitrogen and oxygen atoms in total. The van der Waals surface area contributed by atoms with Gasteiger partial charge in [-0.05, 0) is 44.0 Å². The monoisotopic (exact) mass is 404 g/mol. The van der Waals surface area contributed by atoms with Crippen molar-refractivity contribution in [2.45, 2.75) is 38.6 Å². The van der Waals surface area contributed by atoms with Crippen LogP contribution in [0.15, 0.2) is 35.3 Å². The van der Waals surface area contributed by atoms with Gasteiger partial charge >= 0.3 is 0 Å². The second kappa shape index (κ2) is 7.08. The lowest BCUT2D eigenvalue weighted by molar-refractivity contribution is 0.515. The van der Waals surface area contributed by atoms with Gasteiger partial charge in [0.1, 0.15) is 11.3 Å². The molecule has 0 radical (unpaired) electrons. The summed E-state index contributed by atoms with van der Waals surface area (Å²) >= 11 is 0. The molecule has 0 bridgehead atoms. The summed E-state index contributed by atoms with van der Waals surface area (Å²) in [5, 5.41) is 11.5. The largest absolute Gasteiger partial charge is 0.378 e. The highest BCUT2D eigenvalue weighted by Gasteiger charge is 2.24. The Morgan fingerprint density at radius 1 is 1.07 bits per heavy atom. The van der Waals surface area contributed by atoms with E-state index in [1.165, 1.54) is 0 Å². The normalized spacial score (nSPS) is 14.6. The molecule has 0 unspecified atom stereocenters. The van der Waals surface area contributed by atoms with E-state index in [-0.39, 0.29) is 11.6 Å². The van der Waals surface area contributed by atoms with Gasteiger partial charge in [0.2, 0.25) is 11.6 Å². The van der Waals surface area contributed by atoms with Crippen molar-refractivity contribution in [3.05, 3.63) is 46.6 Å². The highest BCUT2D eigenvalue weighted by molar-refractivity contribution is 5.75. The third-order valence-electron chi connectivity index (χ3n) is 5.78. The number of aromatic nitrogens is 6. The minimum absolute atomic E-state index is 0.129. The topological polar surface area (TPSA) is 93.2 Å². The van der Waals surface area contributed by atoms with Crippen molar-refractivity contribution in [3.63, 3.8) is 0 Å². The smallest absolute Gasteiger partial charge is 0.298 e. The maximum Gasteiger partial charge on any atom is 0.298 e. The van der Waals surface area contributed by atoms with Gasteiger partial charge in [0.25, 0.3) is 5.56 Å². The average Bonchev–Trinajstić information content (AvgIpc) is 3.39. The number of nitrogens with zero attached hydrogens (tertiary/aromatic N) is 7. The molecule has 3 heterocycles. The second-order valence-electron chi connectivity index (χ2n) is 7.99. The van der Waals surface area contributed by atoms with Crippen LogP contribution in [0.3, 0.4) is 0 Å². The third kappa shape index (κ3) is 2.97. The van der Waals surface area contributed by atoms with Gasteiger partial charge < -0.3 is 10.2 Å². The number of nitrogens with one attached hydrogen (secondary N) is 1. The molecule has 30 heavy (non-hydrogen) atoms. The Morgan fingerprint density at radius 2 is 1.80 bits per heavy atom. The van der Waals surface area contributed by atoms with Crippen molar-refractivity contribution >= 4 is 34.1 Å². The first-order valence-corrected chi connectivity index (χ1v) is 10.2. The van der Waals surface area contributed by atoms with E-state index in [1.807, 2.05) is 50.2 Å². The number of benzene rings is 1. The Hall–Kier alpha value is -3.49. The van der Waals surface area contributed by atoms with Crippen molar-refractivity contribution in [3.8, 4) is 0 Å². The number of aryl methyl sites for hydroxylation is 1. The van der Waals surface area contributed by atoms with E-state index in [1.54, 1.807) is 15.2 Å². The van der Waals surface area contributed by atoms with Gasteiger partial charge in [0.15, 0.2) is 5.65 Å². The Bertz CT molecular complexity index is 1280. The van der Waals surface area contributed by atoms with Crippen LogP contribution in [0.5, 0.6) is 0 Å². The van der Waals surface area contributed by atoms with Gasteiger partial charge in [-0.3, -0.25) is 13.8 Å². The van der Waals surface area contributed by atoms with Crippen LogP contribution in [0.4, 0.5) is 17.3 Å². The number of hydrogen-bond acceptors (Lipinski definition) is 7. The molecule has 154 valence electrons.